The van der Waals surface area contributed by atoms with Crippen molar-refractivity contribution in [2.75, 3.05) is 0 Å². The van der Waals surface area contributed by atoms with Gasteiger partial charge in [0.1, 0.15) is 0 Å². The molecule has 0 saturated heterocycles. The summed E-state index contributed by atoms with van der Waals surface area (Å²) in [5, 5.41) is 0. The first kappa shape index (κ1) is 11.1. The fourth-order valence-corrected chi connectivity index (χ4v) is 2.22. The molecular formula is C15H18O. The molecule has 2 rings (SSSR count). The number of carbonyl (C=O) groups excluding carboxylic acids is 1. The van der Waals surface area contributed by atoms with E-state index < -0.39 is 0 Å². The van der Waals surface area contributed by atoms with Gasteiger partial charge in [-0.3, -0.25) is 4.79 Å². The van der Waals surface area contributed by atoms with Crippen molar-refractivity contribution in [3.05, 3.63) is 47.0 Å². The highest BCUT2D eigenvalue weighted by Crippen LogP contribution is 2.23. The van der Waals surface area contributed by atoms with E-state index in [4.69, 9.17) is 0 Å². The third-order valence-corrected chi connectivity index (χ3v) is 3.20. The Morgan fingerprint density at radius 3 is 2.75 bits per heavy atom. The van der Waals surface area contributed by atoms with Gasteiger partial charge in [0.05, 0.1) is 0 Å². The lowest BCUT2D eigenvalue weighted by atomic mass is 10.0. The molecule has 0 bridgehead atoms. The zero-order chi connectivity index (χ0) is 11.5. The van der Waals surface area contributed by atoms with Crippen LogP contribution in [-0.4, -0.2) is 5.78 Å². The molecule has 1 heteroatoms. The molecule has 0 N–H and O–H groups in total. The summed E-state index contributed by atoms with van der Waals surface area (Å²) in [6.45, 7) is 5.79. The van der Waals surface area contributed by atoms with Crippen molar-refractivity contribution >= 4 is 5.78 Å². The number of allylic oxidation sites excluding steroid dienone is 1. The van der Waals surface area contributed by atoms with Crippen LogP contribution in [-0.2, 0) is 12.8 Å². The Morgan fingerprint density at radius 1 is 1.25 bits per heavy atom. The predicted molar refractivity (Wildman–Crippen MR) is 66.8 cm³/mol. The second kappa shape index (κ2) is 4.65. The maximum atomic E-state index is 11.9. The molecule has 0 radical (unpaired) electrons. The van der Waals surface area contributed by atoms with E-state index in [9.17, 15) is 4.79 Å². The Labute approximate surface area is 97.2 Å². The topological polar surface area (TPSA) is 17.1 Å². The highest BCUT2D eigenvalue weighted by molar-refractivity contribution is 5.96. The molecule has 1 aromatic carbocycles. The minimum Gasteiger partial charge on any atom is -0.294 e. The van der Waals surface area contributed by atoms with E-state index >= 15 is 0 Å². The van der Waals surface area contributed by atoms with Crippen LogP contribution in [0.3, 0.4) is 0 Å². The summed E-state index contributed by atoms with van der Waals surface area (Å²) in [5.74, 6) is 0.248. The number of fused-ring (bicyclic) bond motifs is 1. The zero-order valence-corrected chi connectivity index (χ0v) is 9.88. The first-order valence-electron chi connectivity index (χ1n) is 5.96. The summed E-state index contributed by atoms with van der Waals surface area (Å²) in [6.07, 6.45) is 4.94. The Morgan fingerprint density at radius 2 is 2.00 bits per heavy atom. The molecule has 84 valence electrons. The van der Waals surface area contributed by atoms with E-state index in [1.807, 2.05) is 13.0 Å². The highest BCUT2D eigenvalue weighted by atomic mass is 16.1. The van der Waals surface area contributed by atoms with Gasteiger partial charge in [0, 0.05) is 12.0 Å². The summed E-state index contributed by atoms with van der Waals surface area (Å²) in [4.78, 5) is 11.9. The van der Waals surface area contributed by atoms with Gasteiger partial charge in [-0.25, -0.2) is 0 Å². The van der Waals surface area contributed by atoms with Gasteiger partial charge in [0.15, 0.2) is 5.78 Å². The largest absolute Gasteiger partial charge is 0.294 e. The van der Waals surface area contributed by atoms with Gasteiger partial charge in [0.25, 0.3) is 0 Å². The fraction of sp³-hybridized carbons (Fsp3) is 0.400. The normalized spacial score (nSPS) is 13.6. The van der Waals surface area contributed by atoms with Gasteiger partial charge >= 0.3 is 0 Å². The van der Waals surface area contributed by atoms with E-state index in [1.54, 1.807) is 0 Å². The number of carbonyl (C=O) groups is 1. The quantitative estimate of drug-likeness (QED) is 0.551. The summed E-state index contributed by atoms with van der Waals surface area (Å²) in [7, 11) is 0. The van der Waals surface area contributed by atoms with Crippen LogP contribution in [0.1, 0.15) is 47.7 Å². The molecule has 0 saturated carbocycles. The van der Waals surface area contributed by atoms with Crippen LogP contribution in [0.15, 0.2) is 30.4 Å². The molecule has 0 aromatic heterocycles. The van der Waals surface area contributed by atoms with Crippen molar-refractivity contribution in [2.24, 2.45) is 0 Å². The van der Waals surface area contributed by atoms with Crippen molar-refractivity contribution < 1.29 is 4.79 Å². The molecule has 0 atom stereocenters. The molecule has 1 aliphatic carbocycles. The standard InChI is InChI=1S/C15H18O/c1-11(2)6-9-15(16)14-8-7-12-4-3-5-13(12)10-14/h7-8,10H,1,3-6,9H2,2H3. The number of benzene rings is 1. The number of aryl methyl sites for hydroxylation is 2. The van der Waals surface area contributed by atoms with Crippen molar-refractivity contribution in [1.29, 1.82) is 0 Å². The van der Waals surface area contributed by atoms with Crippen LogP contribution in [0.4, 0.5) is 0 Å². The molecule has 0 aliphatic heterocycles. The number of hydrogen-bond donors (Lipinski definition) is 0. The Hall–Kier alpha value is -1.37. The number of hydrogen-bond acceptors (Lipinski definition) is 1. The molecule has 1 aliphatic rings. The maximum Gasteiger partial charge on any atom is 0.163 e. The van der Waals surface area contributed by atoms with Crippen LogP contribution >= 0.6 is 0 Å². The van der Waals surface area contributed by atoms with Crippen LogP contribution in [0.2, 0.25) is 0 Å². The summed E-state index contributed by atoms with van der Waals surface area (Å²) in [5.41, 5.74) is 4.76. The van der Waals surface area contributed by atoms with Gasteiger partial charge in [-0.15, -0.1) is 6.58 Å². The lowest BCUT2D eigenvalue weighted by Gasteiger charge is -2.04. The van der Waals surface area contributed by atoms with E-state index in [0.29, 0.717) is 6.42 Å². The first-order chi connectivity index (χ1) is 7.66. The van der Waals surface area contributed by atoms with Crippen LogP contribution in [0.25, 0.3) is 0 Å². The second-order valence-corrected chi connectivity index (χ2v) is 4.72. The number of ketones is 1. The van der Waals surface area contributed by atoms with Crippen molar-refractivity contribution in [1.82, 2.24) is 0 Å². The minimum absolute atomic E-state index is 0.248. The van der Waals surface area contributed by atoms with Crippen LogP contribution in [0.5, 0.6) is 0 Å². The minimum atomic E-state index is 0.248. The van der Waals surface area contributed by atoms with Gasteiger partial charge < -0.3 is 0 Å². The number of rotatable bonds is 4. The SMILES string of the molecule is C=C(C)CCC(=O)c1ccc2c(c1)CCC2. The van der Waals surface area contributed by atoms with Crippen molar-refractivity contribution in [2.45, 2.75) is 39.0 Å². The van der Waals surface area contributed by atoms with Crippen molar-refractivity contribution in [3.8, 4) is 0 Å². The Bertz CT molecular complexity index is 429. The third-order valence-electron chi connectivity index (χ3n) is 3.20. The molecule has 0 spiro atoms. The van der Waals surface area contributed by atoms with E-state index in [1.165, 1.54) is 24.0 Å². The molecule has 1 nitrogen and oxygen atoms in total. The van der Waals surface area contributed by atoms with E-state index in [2.05, 4.69) is 18.7 Å². The van der Waals surface area contributed by atoms with E-state index in [-0.39, 0.29) is 5.78 Å². The van der Waals surface area contributed by atoms with Crippen LogP contribution < -0.4 is 0 Å². The van der Waals surface area contributed by atoms with Gasteiger partial charge in [-0.1, -0.05) is 17.7 Å². The highest BCUT2D eigenvalue weighted by Gasteiger charge is 2.13. The van der Waals surface area contributed by atoms with Gasteiger partial charge in [0.2, 0.25) is 0 Å². The lowest BCUT2D eigenvalue weighted by molar-refractivity contribution is 0.0982. The van der Waals surface area contributed by atoms with Crippen molar-refractivity contribution in [3.63, 3.8) is 0 Å². The van der Waals surface area contributed by atoms with E-state index in [0.717, 1.165) is 24.0 Å². The fourth-order valence-electron chi connectivity index (χ4n) is 2.22. The van der Waals surface area contributed by atoms with Crippen LogP contribution in [0, 0.1) is 0 Å². The average molecular weight is 214 g/mol. The monoisotopic (exact) mass is 214 g/mol. The smallest absolute Gasteiger partial charge is 0.163 e. The molecule has 0 amide bonds. The maximum absolute atomic E-state index is 11.9. The summed E-state index contributed by atoms with van der Waals surface area (Å²) < 4.78 is 0. The molecule has 16 heavy (non-hydrogen) atoms. The number of Topliss-reactive ketones (excluding diaryl/α,β-unsaturated/α-hetero) is 1. The van der Waals surface area contributed by atoms with Gasteiger partial charge in [-0.2, -0.15) is 0 Å². The lowest BCUT2D eigenvalue weighted by Crippen LogP contribution is -2.00. The third kappa shape index (κ3) is 2.41. The molecule has 0 unspecified atom stereocenters. The molecular weight excluding hydrogens is 196 g/mol. The van der Waals surface area contributed by atoms with Gasteiger partial charge in [-0.05, 0) is 49.8 Å². The zero-order valence-electron chi connectivity index (χ0n) is 9.88. The Balaban J connectivity index is 2.09. The molecule has 0 fully saturated rings. The predicted octanol–water partition coefficient (Wildman–Crippen LogP) is 3.71. The first-order valence-corrected chi connectivity index (χ1v) is 5.96. The molecule has 1 aromatic rings. The summed E-state index contributed by atoms with van der Waals surface area (Å²) >= 11 is 0. The summed E-state index contributed by atoms with van der Waals surface area (Å²) in [6, 6.07) is 6.18. The molecule has 0 heterocycles. The Kier molecular flexibility index (Phi) is 3.23. The second-order valence-electron chi connectivity index (χ2n) is 4.72. The average Bonchev–Trinajstić information content (AvgIpc) is 2.72.